The average Bonchev–Trinajstić information content (AvgIpc) is 2.69. The Morgan fingerprint density at radius 1 is 1.47 bits per heavy atom. The first-order valence-corrected chi connectivity index (χ1v) is 6.20. The summed E-state index contributed by atoms with van der Waals surface area (Å²) >= 11 is 0. The predicted molar refractivity (Wildman–Crippen MR) is 61.9 cm³/mol. The smallest absolute Gasteiger partial charge is 0.0687 e. The number of aliphatic hydroxyl groups excluding tert-OH is 1. The molecule has 0 amide bonds. The maximum absolute atomic E-state index is 9.55. The van der Waals surface area contributed by atoms with Crippen molar-refractivity contribution in [3.05, 3.63) is 0 Å². The molecule has 0 radical (unpaired) electrons. The topological polar surface area (TPSA) is 41.5 Å². The quantitative estimate of drug-likeness (QED) is 0.633. The maximum Gasteiger partial charge on any atom is 0.0687 e. The van der Waals surface area contributed by atoms with Crippen LogP contribution in [0.3, 0.4) is 0 Å². The van der Waals surface area contributed by atoms with Crippen molar-refractivity contribution >= 4 is 0 Å². The van der Waals surface area contributed by atoms with E-state index in [1.165, 1.54) is 12.8 Å². The fraction of sp³-hybridized carbons (Fsp3) is 1.00. The van der Waals surface area contributed by atoms with Gasteiger partial charge in [-0.15, -0.1) is 0 Å². The molecule has 1 aliphatic rings. The summed E-state index contributed by atoms with van der Waals surface area (Å²) in [5.74, 6) is 0.343. The predicted octanol–water partition coefficient (Wildman–Crippen LogP) is 1.55. The molecule has 15 heavy (non-hydrogen) atoms. The van der Waals surface area contributed by atoms with E-state index in [0.717, 1.165) is 26.0 Å². The van der Waals surface area contributed by atoms with Crippen molar-refractivity contribution in [3.8, 4) is 0 Å². The molecule has 0 bridgehead atoms. The third-order valence-electron chi connectivity index (χ3n) is 3.03. The average molecular weight is 215 g/mol. The Bertz CT molecular complexity index is 152. The molecular weight excluding hydrogens is 190 g/mol. The molecular formula is C12H25NO2. The highest BCUT2D eigenvalue weighted by Crippen LogP contribution is 2.16. The number of aliphatic hydroxyl groups is 1. The summed E-state index contributed by atoms with van der Waals surface area (Å²) in [5, 5.41) is 12.8. The summed E-state index contributed by atoms with van der Waals surface area (Å²) in [6.45, 7) is 6.73. The minimum atomic E-state index is -0.215. The third kappa shape index (κ3) is 5.50. The van der Waals surface area contributed by atoms with Gasteiger partial charge in [-0.05, 0) is 38.1 Å². The van der Waals surface area contributed by atoms with Crippen LogP contribution in [0.5, 0.6) is 0 Å². The Morgan fingerprint density at radius 3 is 2.87 bits per heavy atom. The van der Waals surface area contributed by atoms with Crippen molar-refractivity contribution in [2.45, 2.75) is 51.7 Å². The summed E-state index contributed by atoms with van der Waals surface area (Å²) in [5.41, 5.74) is 0. The van der Waals surface area contributed by atoms with E-state index < -0.39 is 0 Å². The van der Waals surface area contributed by atoms with Crippen LogP contribution in [0.15, 0.2) is 0 Å². The van der Waals surface area contributed by atoms with Crippen molar-refractivity contribution in [1.82, 2.24) is 5.32 Å². The van der Waals surface area contributed by atoms with Gasteiger partial charge in [-0.2, -0.15) is 0 Å². The van der Waals surface area contributed by atoms with Gasteiger partial charge >= 0.3 is 0 Å². The molecule has 0 aliphatic carbocycles. The van der Waals surface area contributed by atoms with Gasteiger partial charge in [0, 0.05) is 13.2 Å². The third-order valence-corrected chi connectivity index (χ3v) is 3.03. The van der Waals surface area contributed by atoms with Gasteiger partial charge in [-0.3, -0.25) is 0 Å². The molecule has 0 spiro atoms. The van der Waals surface area contributed by atoms with E-state index in [4.69, 9.17) is 4.74 Å². The van der Waals surface area contributed by atoms with E-state index in [1.807, 2.05) is 13.8 Å². The number of rotatable bonds is 7. The molecule has 0 aromatic rings. The minimum absolute atomic E-state index is 0.215. The fourth-order valence-electron chi connectivity index (χ4n) is 1.81. The van der Waals surface area contributed by atoms with Gasteiger partial charge in [0.2, 0.25) is 0 Å². The first kappa shape index (κ1) is 12.9. The Balaban J connectivity index is 1.88. The monoisotopic (exact) mass is 215 g/mol. The number of nitrogens with one attached hydrogen (secondary N) is 1. The van der Waals surface area contributed by atoms with Crippen LogP contribution in [-0.4, -0.2) is 37.0 Å². The molecule has 0 aromatic heterocycles. The molecule has 1 saturated heterocycles. The standard InChI is InChI=1S/C12H25NO2/c1-10(2)12(14)9-13-7-3-5-11-6-4-8-15-11/h10-14H,3-9H2,1-2H3. The van der Waals surface area contributed by atoms with Crippen LogP contribution in [0, 0.1) is 5.92 Å². The molecule has 0 saturated carbocycles. The Morgan fingerprint density at radius 2 is 2.27 bits per heavy atom. The normalized spacial score (nSPS) is 23.6. The van der Waals surface area contributed by atoms with Crippen molar-refractivity contribution in [2.75, 3.05) is 19.7 Å². The largest absolute Gasteiger partial charge is 0.392 e. The van der Waals surface area contributed by atoms with E-state index in [1.54, 1.807) is 0 Å². The molecule has 90 valence electrons. The Kier molecular flexibility index (Phi) is 6.22. The van der Waals surface area contributed by atoms with Crippen LogP contribution in [0.4, 0.5) is 0 Å². The number of hydrogen-bond acceptors (Lipinski definition) is 3. The molecule has 3 heteroatoms. The maximum atomic E-state index is 9.55. The minimum Gasteiger partial charge on any atom is -0.392 e. The van der Waals surface area contributed by atoms with Crippen LogP contribution in [-0.2, 0) is 4.74 Å². The van der Waals surface area contributed by atoms with E-state index in [0.29, 0.717) is 18.6 Å². The first-order chi connectivity index (χ1) is 7.20. The summed E-state index contributed by atoms with van der Waals surface area (Å²) in [4.78, 5) is 0. The molecule has 0 aromatic carbocycles. The molecule has 2 N–H and O–H groups in total. The van der Waals surface area contributed by atoms with Crippen LogP contribution in [0.2, 0.25) is 0 Å². The Labute approximate surface area is 93.2 Å². The van der Waals surface area contributed by atoms with Crippen molar-refractivity contribution in [1.29, 1.82) is 0 Å². The van der Waals surface area contributed by atoms with E-state index >= 15 is 0 Å². The summed E-state index contributed by atoms with van der Waals surface area (Å²) in [6.07, 6.45) is 5.05. The number of ether oxygens (including phenoxy) is 1. The fourth-order valence-corrected chi connectivity index (χ4v) is 1.81. The molecule has 2 unspecified atom stereocenters. The lowest BCUT2D eigenvalue weighted by atomic mass is 10.1. The van der Waals surface area contributed by atoms with Crippen LogP contribution < -0.4 is 5.32 Å². The number of hydrogen-bond donors (Lipinski definition) is 2. The highest BCUT2D eigenvalue weighted by atomic mass is 16.5. The van der Waals surface area contributed by atoms with Crippen molar-refractivity contribution in [2.24, 2.45) is 5.92 Å². The van der Waals surface area contributed by atoms with Gasteiger partial charge in [-0.1, -0.05) is 13.8 Å². The highest BCUT2D eigenvalue weighted by molar-refractivity contribution is 4.67. The van der Waals surface area contributed by atoms with Crippen LogP contribution in [0.25, 0.3) is 0 Å². The molecule has 2 atom stereocenters. The van der Waals surface area contributed by atoms with Crippen LogP contribution >= 0.6 is 0 Å². The molecule has 1 fully saturated rings. The zero-order chi connectivity index (χ0) is 11.1. The van der Waals surface area contributed by atoms with Gasteiger partial charge in [-0.25, -0.2) is 0 Å². The van der Waals surface area contributed by atoms with Crippen molar-refractivity contribution < 1.29 is 9.84 Å². The molecule has 1 heterocycles. The zero-order valence-electron chi connectivity index (χ0n) is 10.0. The summed E-state index contributed by atoms with van der Waals surface area (Å²) in [6, 6.07) is 0. The molecule has 3 nitrogen and oxygen atoms in total. The van der Waals surface area contributed by atoms with E-state index in [2.05, 4.69) is 5.32 Å². The van der Waals surface area contributed by atoms with Gasteiger partial charge in [0.1, 0.15) is 0 Å². The Hall–Kier alpha value is -0.120. The molecule has 1 aliphatic heterocycles. The second kappa shape index (κ2) is 7.20. The highest BCUT2D eigenvalue weighted by Gasteiger charge is 2.14. The van der Waals surface area contributed by atoms with E-state index in [9.17, 15) is 5.11 Å². The SMILES string of the molecule is CC(C)C(O)CNCCCC1CCCO1. The zero-order valence-corrected chi connectivity index (χ0v) is 10.0. The van der Waals surface area contributed by atoms with Crippen LogP contribution in [0.1, 0.15) is 39.5 Å². The van der Waals surface area contributed by atoms with Gasteiger partial charge in [0.15, 0.2) is 0 Å². The van der Waals surface area contributed by atoms with Gasteiger partial charge < -0.3 is 15.2 Å². The van der Waals surface area contributed by atoms with Gasteiger partial charge in [0.25, 0.3) is 0 Å². The lowest BCUT2D eigenvalue weighted by Crippen LogP contribution is -2.31. The van der Waals surface area contributed by atoms with Gasteiger partial charge in [0.05, 0.1) is 12.2 Å². The lowest BCUT2D eigenvalue weighted by Gasteiger charge is -2.15. The summed E-state index contributed by atoms with van der Waals surface area (Å²) < 4.78 is 5.54. The van der Waals surface area contributed by atoms with E-state index in [-0.39, 0.29) is 6.10 Å². The first-order valence-electron chi connectivity index (χ1n) is 6.20. The second-order valence-corrected chi connectivity index (χ2v) is 4.79. The van der Waals surface area contributed by atoms with Crippen molar-refractivity contribution in [3.63, 3.8) is 0 Å². The second-order valence-electron chi connectivity index (χ2n) is 4.79. The molecule has 1 rings (SSSR count). The summed E-state index contributed by atoms with van der Waals surface area (Å²) in [7, 11) is 0. The lowest BCUT2D eigenvalue weighted by molar-refractivity contribution is 0.101.